The van der Waals surface area contributed by atoms with Crippen LogP contribution >= 0.6 is 0 Å². The van der Waals surface area contributed by atoms with Crippen LogP contribution in [0.2, 0.25) is 0 Å². The van der Waals surface area contributed by atoms with Crippen LogP contribution in [0.4, 0.5) is 19.0 Å². The van der Waals surface area contributed by atoms with E-state index in [1.807, 2.05) is 72.8 Å². The second kappa shape index (κ2) is 8.50. The second-order valence-electron chi connectivity index (χ2n) is 7.74. The van der Waals surface area contributed by atoms with Crippen molar-refractivity contribution in [1.29, 1.82) is 0 Å². The van der Waals surface area contributed by atoms with Crippen LogP contribution in [0, 0.1) is 0 Å². The van der Waals surface area contributed by atoms with Crippen molar-refractivity contribution in [3.05, 3.63) is 114 Å². The predicted molar refractivity (Wildman–Crippen MR) is 122 cm³/mol. The third kappa shape index (κ3) is 4.35. The third-order valence-corrected chi connectivity index (χ3v) is 5.59. The molecule has 33 heavy (non-hydrogen) atoms. The number of aromatic nitrogens is 2. The molecule has 4 nitrogen and oxygen atoms in total. The first kappa shape index (κ1) is 20.9. The lowest BCUT2D eigenvalue weighted by molar-refractivity contribution is -0.137. The highest BCUT2D eigenvalue weighted by atomic mass is 19.4. The van der Waals surface area contributed by atoms with Gasteiger partial charge >= 0.3 is 6.18 Å². The molecule has 1 unspecified atom stereocenters. The highest BCUT2D eigenvalue weighted by Gasteiger charge is 2.33. The van der Waals surface area contributed by atoms with Gasteiger partial charge in [-0.2, -0.15) is 18.3 Å². The van der Waals surface area contributed by atoms with E-state index in [1.54, 1.807) is 5.01 Å². The molecule has 4 aromatic rings. The minimum absolute atomic E-state index is 0.292. The number of hydrogen-bond donors (Lipinski definition) is 0. The van der Waals surface area contributed by atoms with Crippen LogP contribution < -0.4 is 5.01 Å². The molecule has 1 atom stereocenters. The summed E-state index contributed by atoms with van der Waals surface area (Å²) >= 11 is 0. The zero-order valence-corrected chi connectivity index (χ0v) is 17.4. The molecule has 0 saturated carbocycles. The molecule has 0 spiro atoms. The van der Waals surface area contributed by atoms with E-state index in [9.17, 15) is 13.2 Å². The topological polar surface area (TPSA) is 41.4 Å². The first-order valence-corrected chi connectivity index (χ1v) is 10.5. The zero-order valence-electron chi connectivity index (χ0n) is 17.4. The standard InChI is InChI=1S/C26H19F3N4/c27-26(28,29)21-13-11-20(12-14-21)24-17-23(19-9-5-2-6-10-19)32-33(24)25-16-15-22(30-31-25)18-7-3-1-4-8-18/h1-16,24H,17H2. The van der Waals surface area contributed by atoms with Gasteiger partial charge in [0.1, 0.15) is 0 Å². The van der Waals surface area contributed by atoms with E-state index in [2.05, 4.69) is 10.2 Å². The van der Waals surface area contributed by atoms with Crippen molar-refractivity contribution in [2.75, 3.05) is 5.01 Å². The first-order valence-electron chi connectivity index (χ1n) is 10.5. The van der Waals surface area contributed by atoms with Crippen LogP contribution in [-0.2, 0) is 6.18 Å². The van der Waals surface area contributed by atoms with Crippen molar-refractivity contribution < 1.29 is 13.2 Å². The normalized spacial score (nSPS) is 16.0. The molecule has 0 N–H and O–H groups in total. The summed E-state index contributed by atoms with van der Waals surface area (Å²) in [4.78, 5) is 0. The van der Waals surface area contributed by atoms with Crippen molar-refractivity contribution in [1.82, 2.24) is 10.2 Å². The van der Waals surface area contributed by atoms with Gasteiger partial charge in [0.15, 0.2) is 5.82 Å². The van der Waals surface area contributed by atoms with Gasteiger partial charge in [-0.05, 0) is 35.4 Å². The molecule has 3 aromatic carbocycles. The maximum absolute atomic E-state index is 13.0. The Labute approximate surface area is 189 Å². The Morgan fingerprint density at radius 1 is 0.697 bits per heavy atom. The lowest BCUT2D eigenvalue weighted by Crippen LogP contribution is -2.20. The minimum Gasteiger partial charge on any atom is -0.238 e. The molecule has 0 saturated heterocycles. The molecule has 0 radical (unpaired) electrons. The Morgan fingerprint density at radius 3 is 1.91 bits per heavy atom. The van der Waals surface area contributed by atoms with Crippen molar-refractivity contribution >= 4 is 11.5 Å². The lowest BCUT2D eigenvalue weighted by Gasteiger charge is -2.23. The summed E-state index contributed by atoms with van der Waals surface area (Å²) in [7, 11) is 0. The van der Waals surface area contributed by atoms with E-state index in [1.165, 1.54) is 12.1 Å². The molecule has 2 heterocycles. The Kier molecular flexibility index (Phi) is 5.38. The van der Waals surface area contributed by atoms with Gasteiger partial charge in [0, 0.05) is 12.0 Å². The van der Waals surface area contributed by atoms with Crippen LogP contribution in [0.25, 0.3) is 11.3 Å². The van der Waals surface area contributed by atoms with Crippen LogP contribution in [0.3, 0.4) is 0 Å². The number of benzene rings is 3. The minimum atomic E-state index is -4.38. The number of hydrazone groups is 1. The summed E-state index contributed by atoms with van der Waals surface area (Å²) < 4.78 is 39.1. The maximum Gasteiger partial charge on any atom is 0.416 e. The van der Waals surface area contributed by atoms with Gasteiger partial charge in [0.2, 0.25) is 0 Å². The van der Waals surface area contributed by atoms with Crippen LogP contribution in [0.15, 0.2) is 102 Å². The van der Waals surface area contributed by atoms with E-state index in [-0.39, 0.29) is 6.04 Å². The van der Waals surface area contributed by atoms with Gasteiger partial charge in [-0.25, -0.2) is 5.01 Å². The molecule has 7 heteroatoms. The quantitative estimate of drug-likeness (QED) is 0.360. The third-order valence-electron chi connectivity index (χ3n) is 5.59. The fourth-order valence-electron chi connectivity index (χ4n) is 3.89. The largest absolute Gasteiger partial charge is 0.416 e. The average Bonchev–Trinajstić information content (AvgIpc) is 3.30. The molecule has 0 fully saturated rings. The second-order valence-corrected chi connectivity index (χ2v) is 7.74. The van der Waals surface area contributed by atoms with Gasteiger partial charge in [-0.3, -0.25) is 0 Å². The monoisotopic (exact) mass is 444 g/mol. The molecule has 1 aliphatic rings. The molecular formula is C26H19F3N4. The Hall–Kier alpha value is -4.00. The summed E-state index contributed by atoms with van der Waals surface area (Å²) in [6.07, 6.45) is -3.84. The van der Waals surface area contributed by atoms with Gasteiger partial charge in [-0.15, -0.1) is 10.2 Å². The van der Waals surface area contributed by atoms with E-state index in [0.717, 1.165) is 40.2 Å². The summed E-state index contributed by atoms with van der Waals surface area (Å²) in [5.41, 5.74) is 3.54. The molecule has 164 valence electrons. The highest BCUT2D eigenvalue weighted by molar-refractivity contribution is 6.03. The average molecular weight is 444 g/mol. The highest BCUT2D eigenvalue weighted by Crippen LogP contribution is 2.37. The molecule has 0 aliphatic carbocycles. The van der Waals surface area contributed by atoms with Gasteiger partial charge in [0.05, 0.1) is 23.0 Å². The van der Waals surface area contributed by atoms with Crippen molar-refractivity contribution in [2.24, 2.45) is 5.10 Å². The lowest BCUT2D eigenvalue weighted by atomic mass is 9.97. The van der Waals surface area contributed by atoms with Crippen molar-refractivity contribution in [3.63, 3.8) is 0 Å². The fourth-order valence-corrected chi connectivity index (χ4v) is 3.89. The Balaban J connectivity index is 1.50. The smallest absolute Gasteiger partial charge is 0.238 e. The van der Waals surface area contributed by atoms with Crippen LogP contribution in [0.1, 0.15) is 29.2 Å². The summed E-state index contributed by atoms with van der Waals surface area (Å²) in [6.45, 7) is 0. The van der Waals surface area contributed by atoms with Crippen LogP contribution in [-0.4, -0.2) is 15.9 Å². The number of hydrogen-bond acceptors (Lipinski definition) is 4. The Morgan fingerprint density at radius 2 is 1.33 bits per heavy atom. The number of halogens is 3. The molecule has 1 aliphatic heterocycles. The first-order chi connectivity index (χ1) is 16.0. The van der Waals surface area contributed by atoms with E-state index in [4.69, 9.17) is 5.10 Å². The van der Waals surface area contributed by atoms with E-state index in [0.29, 0.717) is 12.2 Å². The molecule has 0 amide bonds. The van der Waals surface area contributed by atoms with Crippen molar-refractivity contribution in [3.8, 4) is 11.3 Å². The van der Waals surface area contributed by atoms with Gasteiger partial charge in [-0.1, -0.05) is 72.8 Å². The number of nitrogens with zero attached hydrogens (tertiary/aromatic N) is 4. The van der Waals surface area contributed by atoms with E-state index >= 15 is 0 Å². The van der Waals surface area contributed by atoms with Crippen LogP contribution in [0.5, 0.6) is 0 Å². The summed E-state index contributed by atoms with van der Waals surface area (Å²) in [6, 6.07) is 28.1. The number of anilines is 1. The summed E-state index contributed by atoms with van der Waals surface area (Å²) in [5.74, 6) is 0.533. The predicted octanol–water partition coefficient (Wildman–Crippen LogP) is 6.52. The molecular weight excluding hydrogens is 425 g/mol. The molecule has 1 aromatic heterocycles. The SMILES string of the molecule is FC(F)(F)c1ccc(C2CC(c3ccccc3)=NN2c2ccc(-c3ccccc3)nn2)cc1. The fraction of sp³-hybridized carbons (Fsp3) is 0.115. The zero-order chi connectivity index (χ0) is 22.8. The number of alkyl halides is 3. The van der Waals surface area contributed by atoms with Gasteiger partial charge < -0.3 is 0 Å². The maximum atomic E-state index is 13.0. The van der Waals surface area contributed by atoms with Crippen molar-refractivity contribution in [2.45, 2.75) is 18.6 Å². The molecule has 0 bridgehead atoms. The number of rotatable bonds is 4. The summed E-state index contributed by atoms with van der Waals surface area (Å²) in [5, 5.41) is 15.3. The van der Waals surface area contributed by atoms with E-state index < -0.39 is 11.7 Å². The molecule has 5 rings (SSSR count). The van der Waals surface area contributed by atoms with Gasteiger partial charge in [0.25, 0.3) is 0 Å². The Bertz CT molecular complexity index is 1250.